The lowest BCUT2D eigenvalue weighted by molar-refractivity contribution is -0.275. The summed E-state index contributed by atoms with van der Waals surface area (Å²) in [5.74, 6) is 1.14. The number of nitrogens with zero attached hydrogens (tertiary/aromatic N) is 3. The smallest absolute Gasteiger partial charge is 0.404 e. The van der Waals surface area contributed by atoms with E-state index in [0.717, 1.165) is 54.5 Å². The standard InChI is InChI=1S/C25H30F3N5O3S/c1-33(2)23-19-7-3-4-8-20(19)31-24(32-23)29-15-17-11-13-18(14-12-17)16-30-37(34,35)22-10-6-5-9-21(22)36-25(26,27)28/h3-10,17-18,30H,11-16H2,1-2H3,(H,29,31,32). The van der Waals surface area contributed by atoms with Crippen LogP contribution in [0.2, 0.25) is 0 Å². The molecule has 3 aromatic rings. The third-order valence-electron chi connectivity index (χ3n) is 6.45. The molecular formula is C25H30F3N5O3S. The zero-order valence-electron chi connectivity index (χ0n) is 20.6. The van der Waals surface area contributed by atoms with Gasteiger partial charge in [-0.1, -0.05) is 24.3 Å². The Balaban J connectivity index is 1.30. The molecule has 1 saturated carbocycles. The van der Waals surface area contributed by atoms with E-state index in [2.05, 4.69) is 24.7 Å². The molecule has 0 amide bonds. The molecule has 1 aliphatic carbocycles. The fourth-order valence-corrected chi connectivity index (χ4v) is 5.78. The summed E-state index contributed by atoms with van der Waals surface area (Å²) in [6, 6.07) is 12.6. The maximum absolute atomic E-state index is 12.7. The van der Waals surface area contributed by atoms with Gasteiger partial charge in [-0.15, -0.1) is 13.2 Å². The summed E-state index contributed by atoms with van der Waals surface area (Å²) in [7, 11) is -0.279. The average Bonchev–Trinajstić information content (AvgIpc) is 2.85. The van der Waals surface area contributed by atoms with Gasteiger partial charge in [0.2, 0.25) is 16.0 Å². The van der Waals surface area contributed by atoms with Gasteiger partial charge in [-0.3, -0.25) is 0 Å². The number of nitrogens with one attached hydrogen (secondary N) is 2. The van der Waals surface area contributed by atoms with Crippen LogP contribution in [0.1, 0.15) is 25.7 Å². The fraction of sp³-hybridized carbons (Fsp3) is 0.440. The van der Waals surface area contributed by atoms with Crippen molar-refractivity contribution in [1.29, 1.82) is 0 Å². The van der Waals surface area contributed by atoms with Crippen LogP contribution in [-0.2, 0) is 10.0 Å². The van der Waals surface area contributed by atoms with Gasteiger partial charge in [0.25, 0.3) is 0 Å². The van der Waals surface area contributed by atoms with Crippen molar-refractivity contribution in [3.8, 4) is 5.75 Å². The summed E-state index contributed by atoms with van der Waals surface area (Å²) in [6.45, 7) is 0.856. The van der Waals surface area contributed by atoms with Crippen LogP contribution in [0, 0.1) is 11.8 Å². The minimum Gasteiger partial charge on any atom is -0.404 e. The molecule has 4 rings (SSSR count). The summed E-state index contributed by atoms with van der Waals surface area (Å²) in [5, 5.41) is 4.33. The highest BCUT2D eigenvalue weighted by Gasteiger charge is 2.34. The number of rotatable bonds is 9. The molecule has 1 heterocycles. The largest absolute Gasteiger partial charge is 0.573 e. The van der Waals surface area contributed by atoms with Gasteiger partial charge in [0, 0.05) is 32.6 Å². The van der Waals surface area contributed by atoms with Crippen molar-refractivity contribution in [3.05, 3.63) is 48.5 Å². The van der Waals surface area contributed by atoms with Crippen LogP contribution in [0.25, 0.3) is 10.9 Å². The maximum Gasteiger partial charge on any atom is 0.573 e. The van der Waals surface area contributed by atoms with Gasteiger partial charge in [-0.2, -0.15) is 4.98 Å². The number of sulfonamides is 1. The van der Waals surface area contributed by atoms with Crippen molar-refractivity contribution in [2.75, 3.05) is 37.4 Å². The van der Waals surface area contributed by atoms with Crippen molar-refractivity contribution >= 4 is 32.7 Å². The monoisotopic (exact) mass is 537 g/mol. The van der Waals surface area contributed by atoms with E-state index in [-0.39, 0.29) is 12.5 Å². The van der Waals surface area contributed by atoms with Gasteiger partial charge in [-0.05, 0) is 61.8 Å². The lowest BCUT2D eigenvalue weighted by Crippen LogP contribution is -2.33. The second-order valence-electron chi connectivity index (χ2n) is 9.40. The van der Waals surface area contributed by atoms with Crippen molar-refractivity contribution in [3.63, 3.8) is 0 Å². The van der Waals surface area contributed by atoms with Gasteiger partial charge in [0.15, 0.2) is 0 Å². The quantitative estimate of drug-likeness (QED) is 0.405. The Labute approximate surface area is 214 Å². The van der Waals surface area contributed by atoms with E-state index < -0.39 is 27.0 Å². The predicted molar refractivity (Wildman–Crippen MR) is 136 cm³/mol. The highest BCUT2D eigenvalue weighted by atomic mass is 32.2. The van der Waals surface area contributed by atoms with E-state index in [1.807, 2.05) is 43.3 Å². The van der Waals surface area contributed by atoms with Gasteiger partial charge in [0.05, 0.1) is 5.52 Å². The van der Waals surface area contributed by atoms with E-state index in [9.17, 15) is 21.6 Å². The molecule has 1 aliphatic rings. The maximum atomic E-state index is 12.7. The van der Waals surface area contributed by atoms with E-state index in [1.54, 1.807) is 0 Å². The number of para-hydroxylation sites is 2. The molecule has 0 radical (unpaired) electrons. The molecule has 0 aliphatic heterocycles. The molecule has 8 nitrogen and oxygen atoms in total. The highest BCUT2D eigenvalue weighted by Crippen LogP contribution is 2.32. The second kappa shape index (κ2) is 11.1. The first-order chi connectivity index (χ1) is 17.5. The van der Waals surface area contributed by atoms with Gasteiger partial charge in [0.1, 0.15) is 16.5 Å². The number of hydrogen-bond acceptors (Lipinski definition) is 7. The van der Waals surface area contributed by atoms with E-state index in [0.29, 0.717) is 18.4 Å². The number of benzene rings is 2. The lowest BCUT2D eigenvalue weighted by atomic mass is 9.82. The minimum absolute atomic E-state index is 0.0963. The highest BCUT2D eigenvalue weighted by molar-refractivity contribution is 7.89. The van der Waals surface area contributed by atoms with Crippen LogP contribution in [0.4, 0.5) is 24.9 Å². The van der Waals surface area contributed by atoms with Gasteiger partial charge in [-0.25, -0.2) is 18.1 Å². The molecule has 200 valence electrons. The number of fused-ring (bicyclic) bond motifs is 1. The Kier molecular flexibility index (Phi) is 8.08. The van der Waals surface area contributed by atoms with E-state index >= 15 is 0 Å². The first kappa shape index (κ1) is 26.9. The number of anilines is 2. The molecule has 37 heavy (non-hydrogen) atoms. The van der Waals surface area contributed by atoms with Crippen molar-refractivity contribution in [1.82, 2.24) is 14.7 Å². The summed E-state index contributed by atoms with van der Waals surface area (Å²) < 4.78 is 69.7. The Hall–Kier alpha value is -3.12. The molecule has 1 aromatic heterocycles. The Morgan fingerprint density at radius 1 is 0.946 bits per heavy atom. The topological polar surface area (TPSA) is 96.5 Å². The molecule has 2 aromatic carbocycles. The third-order valence-corrected chi connectivity index (χ3v) is 7.91. The molecule has 2 N–H and O–H groups in total. The van der Waals surface area contributed by atoms with Crippen molar-refractivity contribution in [2.24, 2.45) is 11.8 Å². The van der Waals surface area contributed by atoms with Crippen LogP contribution >= 0.6 is 0 Å². The SMILES string of the molecule is CN(C)c1nc(NCC2CCC(CNS(=O)(=O)c3ccccc3OC(F)(F)F)CC2)nc2ccccc12. The van der Waals surface area contributed by atoms with E-state index in [4.69, 9.17) is 0 Å². The second-order valence-corrected chi connectivity index (χ2v) is 11.1. The molecule has 0 saturated heterocycles. The summed E-state index contributed by atoms with van der Waals surface area (Å²) >= 11 is 0. The van der Waals surface area contributed by atoms with Gasteiger partial charge >= 0.3 is 6.36 Å². The number of aromatic nitrogens is 2. The first-order valence-corrected chi connectivity index (χ1v) is 13.5. The lowest BCUT2D eigenvalue weighted by Gasteiger charge is -2.29. The predicted octanol–water partition coefficient (Wildman–Crippen LogP) is 4.79. The molecule has 0 atom stereocenters. The van der Waals surface area contributed by atoms with Crippen LogP contribution < -0.4 is 19.7 Å². The average molecular weight is 538 g/mol. The van der Waals surface area contributed by atoms with Crippen LogP contribution in [0.3, 0.4) is 0 Å². The van der Waals surface area contributed by atoms with Crippen LogP contribution in [-0.4, -0.2) is 51.9 Å². The number of halogens is 3. The Morgan fingerprint density at radius 2 is 1.57 bits per heavy atom. The van der Waals surface area contributed by atoms with Crippen LogP contribution in [0.15, 0.2) is 53.4 Å². The van der Waals surface area contributed by atoms with Crippen molar-refractivity contribution in [2.45, 2.75) is 36.9 Å². The summed E-state index contributed by atoms with van der Waals surface area (Å²) in [5.41, 5.74) is 0.863. The normalized spacial score (nSPS) is 18.5. The molecule has 12 heteroatoms. The summed E-state index contributed by atoms with van der Waals surface area (Å²) in [4.78, 5) is 10.7. The first-order valence-electron chi connectivity index (χ1n) is 12.0. The van der Waals surface area contributed by atoms with Crippen molar-refractivity contribution < 1.29 is 26.3 Å². The van der Waals surface area contributed by atoms with E-state index in [1.165, 1.54) is 12.1 Å². The summed E-state index contributed by atoms with van der Waals surface area (Å²) in [6.07, 6.45) is -1.60. The number of alkyl halides is 3. The number of ether oxygens (including phenoxy) is 1. The minimum atomic E-state index is -4.98. The van der Waals surface area contributed by atoms with Gasteiger partial charge < -0.3 is 15.0 Å². The third kappa shape index (κ3) is 7.01. The molecule has 1 fully saturated rings. The van der Waals surface area contributed by atoms with Crippen LogP contribution in [0.5, 0.6) is 5.75 Å². The molecular weight excluding hydrogens is 507 g/mol. The fourth-order valence-electron chi connectivity index (χ4n) is 4.54. The zero-order valence-corrected chi connectivity index (χ0v) is 21.4. The molecule has 0 bridgehead atoms. The number of hydrogen-bond donors (Lipinski definition) is 2. The molecule has 0 unspecified atom stereocenters. The Bertz CT molecular complexity index is 1330. The molecule has 0 spiro atoms. The zero-order chi connectivity index (χ0) is 26.6. The Morgan fingerprint density at radius 3 is 2.24 bits per heavy atom.